The Morgan fingerprint density at radius 1 is 1.23 bits per heavy atom. The molecule has 7 nitrogen and oxygen atoms in total. The predicted molar refractivity (Wildman–Crippen MR) is 113 cm³/mol. The average molecular weight is 411 g/mol. The topological polar surface area (TPSA) is 67.7 Å². The number of likely N-dealkylation sites (tertiary alicyclic amines) is 2. The number of nitrogens with zero attached hydrogens (tertiary/aromatic N) is 4. The van der Waals surface area contributed by atoms with E-state index < -0.39 is 0 Å². The number of benzene rings is 1. The maximum Gasteiger partial charge on any atom is 0.272 e. The maximum atomic E-state index is 13.0. The van der Waals surface area contributed by atoms with Crippen LogP contribution < -0.4 is 4.74 Å². The third kappa shape index (κ3) is 4.06. The van der Waals surface area contributed by atoms with Crippen molar-refractivity contribution in [1.82, 2.24) is 19.6 Å². The Morgan fingerprint density at radius 2 is 2.00 bits per heavy atom. The Kier molecular flexibility index (Phi) is 5.79. The first-order valence-electron chi connectivity index (χ1n) is 10.7. The van der Waals surface area contributed by atoms with Crippen molar-refractivity contribution >= 4 is 11.8 Å². The molecule has 1 aromatic heterocycles. The number of piperidine rings is 2. The van der Waals surface area contributed by atoms with Crippen molar-refractivity contribution in [2.24, 2.45) is 13.0 Å². The van der Waals surface area contributed by atoms with E-state index in [0.717, 1.165) is 37.3 Å². The van der Waals surface area contributed by atoms with E-state index in [1.807, 2.05) is 37.1 Å². The summed E-state index contributed by atoms with van der Waals surface area (Å²) in [5, 5.41) is 4.30. The fraction of sp³-hybridized carbons (Fsp3) is 0.522. The van der Waals surface area contributed by atoms with Crippen LogP contribution in [-0.2, 0) is 18.3 Å². The number of ether oxygens (including phenoxy) is 1. The van der Waals surface area contributed by atoms with E-state index in [-0.39, 0.29) is 17.9 Å². The number of rotatable bonds is 5. The number of aryl methyl sites for hydroxylation is 2. The highest BCUT2D eigenvalue weighted by Gasteiger charge is 2.40. The molecule has 2 aromatic rings. The lowest BCUT2D eigenvalue weighted by atomic mass is 9.83. The number of carbonyl (C=O) groups is 2. The molecule has 0 saturated carbocycles. The molecule has 160 valence electrons. The van der Waals surface area contributed by atoms with Gasteiger partial charge in [0.1, 0.15) is 11.4 Å². The third-order valence-electron chi connectivity index (χ3n) is 6.45. The number of aromatic nitrogens is 2. The number of hydrogen-bond donors (Lipinski definition) is 0. The Balaban J connectivity index is 1.40. The van der Waals surface area contributed by atoms with Crippen molar-refractivity contribution in [2.45, 2.75) is 38.6 Å². The Labute approximate surface area is 177 Å². The van der Waals surface area contributed by atoms with Gasteiger partial charge in [-0.15, -0.1) is 0 Å². The highest BCUT2D eigenvalue weighted by Crippen LogP contribution is 2.32. The zero-order valence-electron chi connectivity index (χ0n) is 18.0. The van der Waals surface area contributed by atoms with E-state index in [2.05, 4.69) is 22.1 Å². The van der Waals surface area contributed by atoms with Gasteiger partial charge in [0.15, 0.2) is 0 Å². The summed E-state index contributed by atoms with van der Waals surface area (Å²) < 4.78 is 6.88. The number of carbonyl (C=O) groups excluding carboxylic acids is 2. The van der Waals surface area contributed by atoms with Crippen LogP contribution in [0.2, 0.25) is 0 Å². The minimum absolute atomic E-state index is 0.0400. The van der Waals surface area contributed by atoms with Gasteiger partial charge in [-0.1, -0.05) is 12.1 Å². The smallest absolute Gasteiger partial charge is 0.272 e. The second kappa shape index (κ2) is 8.50. The Bertz CT molecular complexity index is 921. The predicted octanol–water partition coefficient (Wildman–Crippen LogP) is 2.43. The van der Waals surface area contributed by atoms with Gasteiger partial charge in [-0.2, -0.15) is 5.10 Å². The van der Waals surface area contributed by atoms with Gasteiger partial charge in [-0.25, -0.2) is 0 Å². The second-order valence-electron chi connectivity index (χ2n) is 8.39. The molecule has 2 aliphatic heterocycles. The van der Waals surface area contributed by atoms with Gasteiger partial charge >= 0.3 is 0 Å². The zero-order chi connectivity index (χ0) is 21.3. The van der Waals surface area contributed by atoms with Crippen LogP contribution in [0.15, 0.2) is 30.3 Å². The fourth-order valence-corrected chi connectivity index (χ4v) is 4.84. The summed E-state index contributed by atoms with van der Waals surface area (Å²) >= 11 is 0. The maximum absolute atomic E-state index is 13.0. The summed E-state index contributed by atoms with van der Waals surface area (Å²) in [6.45, 7) is 4.01. The van der Waals surface area contributed by atoms with E-state index in [9.17, 15) is 9.59 Å². The molecule has 1 aromatic carbocycles. The number of methoxy groups -OCH3 is 1. The molecule has 2 aliphatic rings. The zero-order valence-corrected chi connectivity index (χ0v) is 18.0. The van der Waals surface area contributed by atoms with Crippen LogP contribution in [0.4, 0.5) is 0 Å². The lowest BCUT2D eigenvalue weighted by Crippen LogP contribution is -2.57. The van der Waals surface area contributed by atoms with E-state index in [1.165, 1.54) is 5.56 Å². The largest absolute Gasteiger partial charge is 0.497 e. The number of fused-ring (bicyclic) bond motifs is 1. The van der Waals surface area contributed by atoms with Gasteiger partial charge in [0.25, 0.3) is 5.91 Å². The summed E-state index contributed by atoms with van der Waals surface area (Å²) in [5.74, 6) is 1.46. The van der Waals surface area contributed by atoms with Crippen LogP contribution in [-0.4, -0.2) is 64.2 Å². The number of amides is 2. The Morgan fingerprint density at radius 3 is 2.67 bits per heavy atom. The van der Waals surface area contributed by atoms with Crippen LogP contribution in [0, 0.1) is 12.8 Å². The summed E-state index contributed by atoms with van der Waals surface area (Å²) in [5.41, 5.74) is 2.68. The molecular weight excluding hydrogens is 380 g/mol. The van der Waals surface area contributed by atoms with Crippen LogP contribution in [0.25, 0.3) is 0 Å². The van der Waals surface area contributed by atoms with Gasteiger partial charge in [0.05, 0.1) is 12.8 Å². The molecule has 0 radical (unpaired) electrons. The van der Waals surface area contributed by atoms with Crippen LogP contribution >= 0.6 is 0 Å². The second-order valence-corrected chi connectivity index (χ2v) is 8.39. The van der Waals surface area contributed by atoms with Gasteiger partial charge in [-0.05, 0) is 55.9 Å². The molecular formula is C23H30N4O3. The molecule has 2 atom stereocenters. The van der Waals surface area contributed by atoms with Crippen molar-refractivity contribution < 1.29 is 14.3 Å². The molecule has 2 saturated heterocycles. The van der Waals surface area contributed by atoms with Crippen LogP contribution in [0.1, 0.15) is 41.0 Å². The molecule has 30 heavy (non-hydrogen) atoms. The lowest BCUT2D eigenvalue weighted by Gasteiger charge is -2.47. The first kappa shape index (κ1) is 20.4. The van der Waals surface area contributed by atoms with E-state index in [4.69, 9.17) is 4.74 Å². The summed E-state index contributed by atoms with van der Waals surface area (Å²) in [6, 6.07) is 10.1. The van der Waals surface area contributed by atoms with E-state index >= 15 is 0 Å². The quantitative estimate of drug-likeness (QED) is 0.759. The monoisotopic (exact) mass is 410 g/mol. The van der Waals surface area contributed by atoms with Gasteiger partial charge in [0.2, 0.25) is 5.91 Å². The molecule has 0 unspecified atom stereocenters. The van der Waals surface area contributed by atoms with Gasteiger partial charge < -0.3 is 14.5 Å². The summed E-state index contributed by atoms with van der Waals surface area (Å²) in [7, 11) is 3.47. The standard InChI is InChI=1S/C23H30N4O3/c1-16-14-21(25(2)24-16)23(29)26-12-11-20-18(15-26)6-9-22(28)27(20)13-10-17-4-7-19(30-3)8-5-17/h4-5,7-8,14,18,20H,6,9-13,15H2,1-3H3/t18-,20+/m1/s1. The van der Waals surface area contributed by atoms with Gasteiger partial charge in [0, 0.05) is 39.1 Å². The Hall–Kier alpha value is -2.83. The highest BCUT2D eigenvalue weighted by molar-refractivity contribution is 5.92. The first-order chi connectivity index (χ1) is 14.5. The molecule has 0 N–H and O–H groups in total. The van der Waals surface area contributed by atoms with Crippen molar-refractivity contribution in [2.75, 3.05) is 26.7 Å². The fourth-order valence-electron chi connectivity index (χ4n) is 4.84. The first-order valence-corrected chi connectivity index (χ1v) is 10.7. The molecule has 4 rings (SSSR count). The minimum Gasteiger partial charge on any atom is -0.497 e. The SMILES string of the molecule is COc1ccc(CCN2C(=O)CC[C@@H]3CN(C(=O)c4cc(C)nn4C)CC[C@@H]32)cc1. The number of hydrogen-bond acceptors (Lipinski definition) is 4. The van der Waals surface area contributed by atoms with Crippen molar-refractivity contribution in [3.8, 4) is 5.75 Å². The summed E-state index contributed by atoms with van der Waals surface area (Å²) in [6.07, 6.45) is 3.09. The molecule has 0 aliphatic carbocycles. The van der Waals surface area contributed by atoms with Crippen molar-refractivity contribution in [1.29, 1.82) is 0 Å². The molecule has 3 heterocycles. The lowest BCUT2D eigenvalue weighted by molar-refractivity contribution is -0.140. The molecule has 0 bridgehead atoms. The summed E-state index contributed by atoms with van der Waals surface area (Å²) in [4.78, 5) is 29.7. The molecule has 2 fully saturated rings. The molecule has 0 spiro atoms. The van der Waals surface area contributed by atoms with Crippen molar-refractivity contribution in [3.63, 3.8) is 0 Å². The van der Waals surface area contributed by atoms with Crippen LogP contribution in [0.5, 0.6) is 5.75 Å². The third-order valence-corrected chi connectivity index (χ3v) is 6.45. The van der Waals surface area contributed by atoms with Gasteiger partial charge in [-0.3, -0.25) is 14.3 Å². The minimum atomic E-state index is 0.0400. The van der Waals surface area contributed by atoms with E-state index in [0.29, 0.717) is 31.1 Å². The highest BCUT2D eigenvalue weighted by atomic mass is 16.5. The molecule has 7 heteroatoms. The average Bonchev–Trinajstić information content (AvgIpc) is 3.10. The van der Waals surface area contributed by atoms with E-state index in [1.54, 1.807) is 11.8 Å². The van der Waals surface area contributed by atoms with Crippen LogP contribution in [0.3, 0.4) is 0 Å². The normalized spacial score (nSPS) is 21.5. The van der Waals surface area contributed by atoms with Crippen molar-refractivity contribution in [3.05, 3.63) is 47.3 Å². The molecule has 2 amide bonds.